The van der Waals surface area contributed by atoms with Crippen LogP contribution in [0.25, 0.3) is 0 Å². The maximum Gasteiger partial charge on any atom is 0.0966 e. The van der Waals surface area contributed by atoms with Gasteiger partial charge in [-0.1, -0.05) is 0 Å². The largest absolute Gasteiger partial charge is 0.379 e. The molecule has 3 nitrogen and oxygen atoms in total. The molecule has 1 aliphatic heterocycles. The number of ether oxygens (including phenoxy) is 2. The summed E-state index contributed by atoms with van der Waals surface area (Å²) in [6.45, 7) is 7.51. The summed E-state index contributed by atoms with van der Waals surface area (Å²) in [4.78, 5) is 0. The topological polar surface area (TPSA) is 44.5 Å². The minimum atomic E-state index is -0.122. The molecule has 2 N–H and O–H groups in total. The Morgan fingerprint density at radius 3 is 2.58 bits per heavy atom. The molecular formula is C9H19NO2. The number of nitrogens with two attached hydrogens (primary N) is 1. The van der Waals surface area contributed by atoms with Crippen molar-refractivity contribution in [3.05, 3.63) is 0 Å². The normalized spacial score (nSPS) is 32.0. The van der Waals surface area contributed by atoms with E-state index in [1.807, 2.05) is 20.8 Å². The van der Waals surface area contributed by atoms with Crippen molar-refractivity contribution >= 4 is 0 Å². The van der Waals surface area contributed by atoms with Gasteiger partial charge in [0.1, 0.15) is 0 Å². The number of hydrogen-bond acceptors (Lipinski definition) is 3. The Labute approximate surface area is 74.2 Å². The summed E-state index contributed by atoms with van der Waals surface area (Å²) >= 11 is 0. The predicted octanol–water partition coefficient (Wildman–Crippen LogP) is 0.918. The fourth-order valence-corrected chi connectivity index (χ4v) is 1.30. The van der Waals surface area contributed by atoms with Gasteiger partial charge in [0, 0.05) is 12.6 Å². The van der Waals surface area contributed by atoms with E-state index in [1.165, 1.54) is 0 Å². The summed E-state index contributed by atoms with van der Waals surface area (Å²) in [5.74, 6) is 0. The Morgan fingerprint density at radius 2 is 2.08 bits per heavy atom. The van der Waals surface area contributed by atoms with Gasteiger partial charge in [-0.15, -0.1) is 0 Å². The van der Waals surface area contributed by atoms with Crippen molar-refractivity contribution < 1.29 is 9.47 Å². The summed E-state index contributed by atoms with van der Waals surface area (Å²) in [6, 6.07) is 0.137. The van der Waals surface area contributed by atoms with E-state index in [9.17, 15) is 0 Å². The maximum atomic E-state index is 5.88. The first-order valence-electron chi connectivity index (χ1n) is 4.50. The van der Waals surface area contributed by atoms with Crippen molar-refractivity contribution in [1.29, 1.82) is 0 Å². The highest BCUT2D eigenvalue weighted by molar-refractivity contribution is 4.79. The third-order valence-electron chi connectivity index (χ3n) is 1.86. The predicted molar refractivity (Wildman–Crippen MR) is 48.0 cm³/mol. The molecule has 2 atom stereocenters. The van der Waals surface area contributed by atoms with Gasteiger partial charge in [-0.05, 0) is 27.2 Å². The van der Waals surface area contributed by atoms with Gasteiger partial charge in [0.05, 0.1) is 18.3 Å². The van der Waals surface area contributed by atoms with E-state index in [2.05, 4.69) is 0 Å². The van der Waals surface area contributed by atoms with Gasteiger partial charge in [-0.3, -0.25) is 0 Å². The van der Waals surface area contributed by atoms with Gasteiger partial charge in [0.2, 0.25) is 0 Å². The molecule has 0 aromatic rings. The molecule has 0 aliphatic carbocycles. The van der Waals surface area contributed by atoms with Crippen LogP contribution >= 0.6 is 0 Å². The first kappa shape index (κ1) is 9.96. The van der Waals surface area contributed by atoms with Gasteiger partial charge in [0.25, 0.3) is 0 Å². The second kappa shape index (κ2) is 3.73. The van der Waals surface area contributed by atoms with E-state index in [0.29, 0.717) is 6.61 Å². The van der Waals surface area contributed by atoms with Crippen LogP contribution in [-0.2, 0) is 9.47 Å². The van der Waals surface area contributed by atoms with Gasteiger partial charge in [-0.25, -0.2) is 0 Å². The van der Waals surface area contributed by atoms with Gasteiger partial charge < -0.3 is 15.2 Å². The third kappa shape index (κ3) is 3.09. The molecule has 2 unspecified atom stereocenters. The highest BCUT2D eigenvalue weighted by Crippen LogP contribution is 2.16. The van der Waals surface area contributed by atoms with Gasteiger partial charge in [0.15, 0.2) is 0 Å². The Kier molecular flexibility index (Phi) is 3.09. The van der Waals surface area contributed by atoms with Crippen molar-refractivity contribution in [2.75, 3.05) is 13.2 Å². The van der Waals surface area contributed by atoms with Crippen LogP contribution in [-0.4, -0.2) is 31.0 Å². The summed E-state index contributed by atoms with van der Waals surface area (Å²) in [7, 11) is 0. The highest BCUT2D eigenvalue weighted by Gasteiger charge is 2.27. The maximum absolute atomic E-state index is 5.88. The van der Waals surface area contributed by atoms with Crippen molar-refractivity contribution in [2.45, 2.75) is 44.9 Å². The van der Waals surface area contributed by atoms with Crippen molar-refractivity contribution in [3.63, 3.8) is 0 Å². The standard InChI is InChI=1S/C9H19NO2/c1-9(2,3)12-8-6-11-5-4-7(8)10/h7-8H,4-6,10H2,1-3H3. The quantitative estimate of drug-likeness (QED) is 0.641. The van der Waals surface area contributed by atoms with Crippen LogP contribution in [0.2, 0.25) is 0 Å². The highest BCUT2D eigenvalue weighted by atomic mass is 16.5. The molecule has 12 heavy (non-hydrogen) atoms. The summed E-state index contributed by atoms with van der Waals surface area (Å²) in [6.07, 6.45) is 0.972. The van der Waals surface area contributed by atoms with Crippen LogP contribution in [0.5, 0.6) is 0 Å². The molecule has 1 rings (SSSR count). The molecule has 3 heteroatoms. The van der Waals surface area contributed by atoms with E-state index >= 15 is 0 Å². The van der Waals surface area contributed by atoms with E-state index in [-0.39, 0.29) is 17.7 Å². The molecule has 0 amide bonds. The monoisotopic (exact) mass is 173 g/mol. The molecule has 1 aliphatic rings. The average molecular weight is 173 g/mol. The number of rotatable bonds is 1. The number of hydrogen-bond donors (Lipinski definition) is 1. The second-order valence-corrected chi connectivity index (χ2v) is 4.30. The van der Waals surface area contributed by atoms with Gasteiger partial charge >= 0.3 is 0 Å². The molecule has 1 fully saturated rings. The molecule has 72 valence electrons. The van der Waals surface area contributed by atoms with Gasteiger partial charge in [-0.2, -0.15) is 0 Å². The lowest BCUT2D eigenvalue weighted by atomic mass is 10.1. The lowest BCUT2D eigenvalue weighted by Crippen LogP contribution is -2.47. The van der Waals surface area contributed by atoms with Crippen LogP contribution in [0.3, 0.4) is 0 Å². The van der Waals surface area contributed by atoms with E-state index in [1.54, 1.807) is 0 Å². The van der Waals surface area contributed by atoms with E-state index < -0.39 is 0 Å². The lowest BCUT2D eigenvalue weighted by molar-refractivity contribution is -0.122. The molecule has 0 aromatic heterocycles. The first-order valence-corrected chi connectivity index (χ1v) is 4.50. The Morgan fingerprint density at radius 1 is 1.42 bits per heavy atom. The molecule has 0 saturated carbocycles. The molecule has 1 heterocycles. The molecule has 0 bridgehead atoms. The van der Waals surface area contributed by atoms with Crippen molar-refractivity contribution in [1.82, 2.24) is 0 Å². The van der Waals surface area contributed by atoms with Crippen LogP contribution < -0.4 is 5.73 Å². The minimum absolute atomic E-state index is 0.0683. The van der Waals surface area contributed by atoms with Crippen molar-refractivity contribution in [2.24, 2.45) is 5.73 Å². The summed E-state index contributed by atoms with van der Waals surface area (Å²) in [5.41, 5.74) is 5.76. The van der Waals surface area contributed by atoms with Crippen LogP contribution in [0, 0.1) is 0 Å². The van der Waals surface area contributed by atoms with Crippen LogP contribution in [0.4, 0.5) is 0 Å². The zero-order chi connectivity index (χ0) is 9.19. The molecule has 0 spiro atoms. The first-order chi connectivity index (χ1) is 5.49. The second-order valence-electron chi connectivity index (χ2n) is 4.30. The molecule has 0 aromatic carbocycles. The smallest absolute Gasteiger partial charge is 0.0966 e. The van der Waals surface area contributed by atoms with E-state index in [4.69, 9.17) is 15.2 Å². The molecular weight excluding hydrogens is 154 g/mol. The Hall–Kier alpha value is -0.120. The Bertz CT molecular complexity index is 142. The zero-order valence-corrected chi connectivity index (χ0v) is 8.17. The summed E-state index contributed by atoms with van der Waals surface area (Å²) in [5, 5.41) is 0. The van der Waals surface area contributed by atoms with Crippen LogP contribution in [0.15, 0.2) is 0 Å². The lowest BCUT2D eigenvalue weighted by Gasteiger charge is -2.34. The zero-order valence-electron chi connectivity index (χ0n) is 8.17. The Balaban J connectivity index is 2.39. The average Bonchev–Trinajstić information content (AvgIpc) is 1.91. The third-order valence-corrected chi connectivity index (χ3v) is 1.86. The summed E-state index contributed by atoms with van der Waals surface area (Å²) < 4.78 is 11.0. The molecule has 0 radical (unpaired) electrons. The molecule has 1 saturated heterocycles. The van der Waals surface area contributed by atoms with Crippen LogP contribution in [0.1, 0.15) is 27.2 Å². The van der Waals surface area contributed by atoms with Crippen molar-refractivity contribution in [3.8, 4) is 0 Å². The van der Waals surface area contributed by atoms with E-state index in [0.717, 1.165) is 13.0 Å². The SMILES string of the molecule is CC(C)(C)OC1COCCC1N. The fourth-order valence-electron chi connectivity index (χ4n) is 1.30. The minimum Gasteiger partial charge on any atom is -0.379 e. The fraction of sp³-hybridized carbons (Fsp3) is 1.00.